The van der Waals surface area contributed by atoms with Crippen molar-refractivity contribution in [2.75, 3.05) is 0 Å². The largest absolute Gasteiger partial charge is 0.346 e. The summed E-state index contributed by atoms with van der Waals surface area (Å²) in [5.74, 6) is -0.793. The Labute approximate surface area is 113 Å². The molecule has 0 aromatic heterocycles. The molecular weight excluding hydrogens is 332 g/mol. The first-order valence-corrected chi connectivity index (χ1v) is 6.68. The summed E-state index contributed by atoms with van der Waals surface area (Å²) in [5.41, 5.74) is 0.145. The van der Waals surface area contributed by atoms with Crippen LogP contribution in [0.5, 0.6) is 0 Å². The molecule has 90 valence electrons. The van der Waals surface area contributed by atoms with E-state index in [1.165, 1.54) is 6.07 Å². The van der Waals surface area contributed by atoms with E-state index in [1.54, 1.807) is 12.1 Å². The van der Waals surface area contributed by atoms with E-state index in [0.29, 0.717) is 3.57 Å². The molecule has 0 heterocycles. The number of benzene rings is 1. The van der Waals surface area contributed by atoms with Gasteiger partial charge < -0.3 is 5.32 Å². The second kappa shape index (κ2) is 5.62. The molecule has 0 spiro atoms. The lowest BCUT2D eigenvalue weighted by atomic mass is 10.0. The molecule has 4 heteroatoms. The maximum atomic E-state index is 13.6. The number of hydrogen-bond acceptors (Lipinski definition) is 1. The zero-order chi connectivity index (χ0) is 12.3. The zero-order valence-electron chi connectivity index (χ0n) is 9.25. The quantitative estimate of drug-likeness (QED) is 0.647. The Morgan fingerprint density at radius 2 is 2.29 bits per heavy atom. The molecule has 1 aliphatic rings. The highest BCUT2D eigenvalue weighted by molar-refractivity contribution is 14.1. The lowest BCUT2D eigenvalue weighted by molar-refractivity contribution is 0.0937. The van der Waals surface area contributed by atoms with Crippen molar-refractivity contribution in [3.8, 4) is 0 Å². The summed E-state index contributed by atoms with van der Waals surface area (Å²) >= 11 is 1.98. The van der Waals surface area contributed by atoms with Crippen molar-refractivity contribution in [3.63, 3.8) is 0 Å². The van der Waals surface area contributed by atoms with Crippen molar-refractivity contribution >= 4 is 28.5 Å². The molecule has 0 bridgehead atoms. The third-order valence-corrected chi connectivity index (χ3v) is 3.66. The normalized spacial score (nSPS) is 19.1. The molecule has 1 amide bonds. The molecule has 17 heavy (non-hydrogen) atoms. The second-order valence-electron chi connectivity index (χ2n) is 4.04. The van der Waals surface area contributed by atoms with Crippen LogP contribution in [0.4, 0.5) is 4.39 Å². The summed E-state index contributed by atoms with van der Waals surface area (Å²) in [5, 5.41) is 2.85. The third kappa shape index (κ3) is 3.06. The Bertz CT molecular complexity index is 438. The highest BCUT2D eigenvalue weighted by atomic mass is 127. The van der Waals surface area contributed by atoms with E-state index in [2.05, 4.69) is 11.4 Å². The second-order valence-corrected chi connectivity index (χ2v) is 5.20. The van der Waals surface area contributed by atoms with Crippen molar-refractivity contribution < 1.29 is 9.18 Å². The average Bonchev–Trinajstić information content (AvgIpc) is 2.30. The van der Waals surface area contributed by atoms with Crippen molar-refractivity contribution in [2.24, 2.45) is 0 Å². The molecule has 1 N–H and O–H groups in total. The Kier molecular flexibility index (Phi) is 4.15. The minimum Gasteiger partial charge on any atom is -0.346 e. The fourth-order valence-electron chi connectivity index (χ4n) is 1.89. The average molecular weight is 345 g/mol. The number of allylic oxidation sites excluding steroid dienone is 1. The molecule has 0 saturated carbocycles. The monoisotopic (exact) mass is 345 g/mol. The number of hydrogen-bond donors (Lipinski definition) is 1. The standard InChI is InChI=1S/C13H13FINO/c14-10-7-4-8-11(15)12(10)13(17)16-9-5-2-1-3-6-9/h2,4-5,7-9H,1,3,6H2,(H,16,17). The van der Waals surface area contributed by atoms with Crippen molar-refractivity contribution in [2.45, 2.75) is 25.3 Å². The van der Waals surface area contributed by atoms with Crippen LogP contribution in [0.3, 0.4) is 0 Å². The summed E-state index contributed by atoms with van der Waals surface area (Å²) in [6.45, 7) is 0. The van der Waals surface area contributed by atoms with Crippen LogP contribution in [0.25, 0.3) is 0 Å². The highest BCUT2D eigenvalue weighted by Gasteiger charge is 2.18. The Morgan fingerprint density at radius 3 is 2.94 bits per heavy atom. The van der Waals surface area contributed by atoms with Gasteiger partial charge in [0.2, 0.25) is 0 Å². The van der Waals surface area contributed by atoms with Gasteiger partial charge in [-0.2, -0.15) is 0 Å². The van der Waals surface area contributed by atoms with Crippen LogP contribution in [0.2, 0.25) is 0 Å². The van der Waals surface area contributed by atoms with Gasteiger partial charge in [-0.15, -0.1) is 0 Å². The van der Waals surface area contributed by atoms with Gasteiger partial charge in [0.25, 0.3) is 5.91 Å². The maximum absolute atomic E-state index is 13.6. The van der Waals surface area contributed by atoms with Crippen LogP contribution in [-0.4, -0.2) is 11.9 Å². The van der Waals surface area contributed by atoms with Crippen LogP contribution < -0.4 is 5.32 Å². The van der Waals surface area contributed by atoms with Crippen LogP contribution in [0, 0.1) is 9.39 Å². The van der Waals surface area contributed by atoms with E-state index in [9.17, 15) is 9.18 Å². The molecule has 0 fully saturated rings. The van der Waals surface area contributed by atoms with Crippen LogP contribution in [0.15, 0.2) is 30.4 Å². The lowest BCUT2D eigenvalue weighted by Gasteiger charge is -2.18. The highest BCUT2D eigenvalue weighted by Crippen LogP contribution is 2.17. The Hall–Kier alpha value is -0.910. The molecule has 0 radical (unpaired) electrons. The molecule has 1 aromatic carbocycles. The van der Waals surface area contributed by atoms with E-state index in [-0.39, 0.29) is 17.5 Å². The number of halogens is 2. The van der Waals surface area contributed by atoms with E-state index in [1.807, 2.05) is 28.7 Å². The van der Waals surface area contributed by atoms with Crippen LogP contribution >= 0.6 is 22.6 Å². The van der Waals surface area contributed by atoms with E-state index in [4.69, 9.17) is 0 Å². The minimum atomic E-state index is -0.464. The SMILES string of the molecule is O=C(NC1C=CCCC1)c1c(F)cccc1I. The van der Waals surface area contributed by atoms with Gasteiger partial charge >= 0.3 is 0 Å². The molecule has 1 aromatic rings. The summed E-state index contributed by atoms with van der Waals surface area (Å²) in [7, 11) is 0. The Balaban J connectivity index is 2.14. The van der Waals surface area contributed by atoms with Gasteiger partial charge in [-0.1, -0.05) is 18.2 Å². The van der Waals surface area contributed by atoms with Crippen molar-refractivity contribution in [1.82, 2.24) is 5.32 Å². The van der Waals surface area contributed by atoms with Gasteiger partial charge in [0.1, 0.15) is 5.82 Å². The smallest absolute Gasteiger partial charge is 0.255 e. The van der Waals surface area contributed by atoms with E-state index < -0.39 is 5.82 Å². The Morgan fingerprint density at radius 1 is 1.47 bits per heavy atom. The number of carbonyl (C=O) groups excluding carboxylic acids is 1. The maximum Gasteiger partial charge on any atom is 0.255 e. The summed E-state index contributed by atoms with van der Waals surface area (Å²) < 4.78 is 14.2. The molecule has 0 aliphatic heterocycles. The molecular formula is C13H13FINO. The first kappa shape index (κ1) is 12.5. The van der Waals surface area contributed by atoms with Gasteiger partial charge in [-0.05, 0) is 54.0 Å². The summed E-state index contributed by atoms with van der Waals surface area (Å²) in [4.78, 5) is 12.0. The first-order chi connectivity index (χ1) is 8.18. The fourth-order valence-corrected chi connectivity index (χ4v) is 2.60. The number of nitrogens with one attached hydrogen (secondary N) is 1. The number of carbonyl (C=O) groups is 1. The predicted molar refractivity (Wildman–Crippen MR) is 73.4 cm³/mol. The van der Waals surface area contributed by atoms with E-state index >= 15 is 0 Å². The molecule has 0 saturated heterocycles. The first-order valence-electron chi connectivity index (χ1n) is 5.60. The lowest BCUT2D eigenvalue weighted by Crippen LogP contribution is -2.35. The predicted octanol–water partition coefficient (Wildman–Crippen LogP) is 3.27. The zero-order valence-corrected chi connectivity index (χ0v) is 11.4. The van der Waals surface area contributed by atoms with Gasteiger partial charge in [0.05, 0.1) is 5.56 Å². The van der Waals surface area contributed by atoms with Gasteiger partial charge in [0.15, 0.2) is 0 Å². The number of amides is 1. The van der Waals surface area contributed by atoms with E-state index in [0.717, 1.165) is 19.3 Å². The van der Waals surface area contributed by atoms with Gasteiger partial charge in [-0.25, -0.2) is 4.39 Å². The van der Waals surface area contributed by atoms with Crippen molar-refractivity contribution in [3.05, 3.63) is 45.3 Å². The topological polar surface area (TPSA) is 29.1 Å². The third-order valence-electron chi connectivity index (χ3n) is 2.76. The van der Waals surface area contributed by atoms with Crippen LogP contribution in [-0.2, 0) is 0 Å². The molecule has 1 unspecified atom stereocenters. The molecule has 1 aliphatic carbocycles. The molecule has 1 atom stereocenters. The van der Waals surface area contributed by atoms with Gasteiger partial charge in [-0.3, -0.25) is 4.79 Å². The minimum absolute atomic E-state index is 0.0339. The summed E-state index contributed by atoms with van der Waals surface area (Å²) in [6.07, 6.45) is 7.09. The van der Waals surface area contributed by atoms with Gasteiger partial charge in [0, 0.05) is 9.61 Å². The number of rotatable bonds is 2. The fraction of sp³-hybridized carbons (Fsp3) is 0.308. The molecule has 2 nitrogen and oxygen atoms in total. The summed E-state index contributed by atoms with van der Waals surface area (Å²) in [6, 6.07) is 4.68. The van der Waals surface area contributed by atoms with Crippen LogP contribution in [0.1, 0.15) is 29.6 Å². The molecule has 2 rings (SSSR count). The van der Waals surface area contributed by atoms with Crippen molar-refractivity contribution in [1.29, 1.82) is 0 Å².